The van der Waals surface area contributed by atoms with Gasteiger partial charge in [0.05, 0.1) is 23.8 Å². The average molecular weight is 584 g/mol. The maximum absolute atomic E-state index is 14.9. The molecule has 2 amide bonds. The van der Waals surface area contributed by atoms with Gasteiger partial charge in [0.2, 0.25) is 0 Å². The summed E-state index contributed by atoms with van der Waals surface area (Å²) >= 11 is 0. The number of anilines is 2. The number of carbonyl (C=O) groups is 2. The van der Waals surface area contributed by atoms with Crippen LogP contribution < -0.4 is 10.6 Å². The number of aryl methyl sites for hydroxylation is 2. The van der Waals surface area contributed by atoms with E-state index in [9.17, 15) is 27.2 Å². The molecule has 1 saturated heterocycles. The van der Waals surface area contributed by atoms with Crippen LogP contribution in [0, 0.1) is 19.7 Å². The van der Waals surface area contributed by atoms with Gasteiger partial charge in [-0.1, -0.05) is 43.2 Å². The summed E-state index contributed by atoms with van der Waals surface area (Å²) in [6.45, 7) is 3.05. The van der Waals surface area contributed by atoms with Gasteiger partial charge in [0.1, 0.15) is 5.82 Å². The number of hydrogen-bond acceptors (Lipinski definition) is 4. The lowest BCUT2D eigenvalue weighted by molar-refractivity contribution is -0.139. The Bertz CT molecular complexity index is 1430. The number of benzene rings is 3. The summed E-state index contributed by atoms with van der Waals surface area (Å²) in [6.07, 6.45) is -1.35. The molecule has 6 nitrogen and oxygen atoms in total. The molecule has 2 fully saturated rings. The number of alkyl halides is 3. The van der Waals surface area contributed by atoms with E-state index in [1.54, 1.807) is 25.1 Å². The molecule has 222 valence electrons. The Balaban J connectivity index is 1.48. The largest absolute Gasteiger partial charge is 0.416 e. The van der Waals surface area contributed by atoms with Crippen LogP contribution in [-0.4, -0.2) is 42.0 Å². The first kappa shape index (κ1) is 29.6. The molecule has 2 N–H and O–H groups in total. The summed E-state index contributed by atoms with van der Waals surface area (Å²) in [5.41, 5.74) is 0.928. The third-order valence-corrected chi connectivity index (χ3v) is 8.00. The maximum atomic E-state index is 14.9. The van der Waals surface area contributed by atoms with E-state index in [2.05, 4.69) is 10.6 Å². The number of nitrogens with one attached hydrogen (secondary N) is 2. The fourth-order valence-electron chi connectivity index (χ4n) is 5.82. The molecule has 0 bridgehead atoms. The number of nitrogens with zero attached hydrogens (tertiary/aromatic N) is 1. The Morgan fingerprint density at radius 1 is 0.929 bits per heavy atom. The highest BCUT2D eigenvalue weighted by Crippen LogP contribution is 2.36. The summed E-state index contributed by atoms with van der Waals surface area (Å²) in [4.78, 5) is 28.8. The van der Waals surface area contributed by atoms with Crippen LogP contribution in [0.3, 0.4) is 0 Å². The van der Waals surface area contributed by atoms with Crippen molar-refractivity contribution >= 4 is 23.2 Å². The van der Waals surface area contributed by atoms with E-state index in [1.807, 2.05) is 12.1 Å². The summed E-state index contributed by atoms with van der Waals surface area (Å²) < 4.78 is 61.3. The van der Waals surface area contributed by atoms with Crippen LogP contribution in [0.15, 0.2) is 60.7 Å². The number of hydrogen-bond donors (Lipinski definition) is 2. The molecule has 3 aromatic carbocycles. The molecule has 5 rings (SSSR count). The molecule has 2 atom stereocenters. The van der Waals surface area contributed by atoms with Crippen LogP contribution in [0.4, 0.5) is 28.9 Å². The number of amides is 2. The molecule has 2 aliphatic rings. The van der Waals surface area contributed by atoms with Gasteiger partial charge in [-0.3, -0.25) is 9.59 Å². The van der Waals surface area contributed by atoms with Gasteiger partial charge in [0, 0.05) is 24.0 Å². The van der Waals surface area contributed by atoms with Crippen molar-refractivity contribution in [3.05, 3.63) is 94.3 Å². The highest BCUT2D eigenvalue weighted by atomic mass is 19.4. The molecule has 1 heterocycles. The molecule has 1 saturated carbocycles. The monoisotopic (exact) mass is 583 g/mol. The molecule has 0 spiro atoms. The molecular formula is C32H33F4N3O3. The topological polar surface area (TPSA) is 70.7 Å². The maximum Gasteiger partial charge on any atom is 0.416 e. The van der Waals surface area contributed by atoms with E-state index in [-0.39, 0.29) is 30.0 Å². The van der Waals surface area contributed by atoms with E-state index in [1.165, 1.54) is 48.9 Å². The Hall–Kier alpha value is -3.92. The number of halogens is 4. The summed E-state index contributed by atoms with van der Waals surface area (Å²) in [5.74, 6) is -1.99. The molecular weight excluding hydrogens is 550 g/mol. The lowest BCUT2D eigenvalue weighted by atomic mass is 9.95. The van der Waals surface area contributed by atoms with Crippen LogP contribution >= 0.6 is 0 Å². The molecule has 42 heavy (non-hydrogen) atoms. The molecule has 1 aliphatic heterocycles. The number of morpholine rings is 1. The van der Waals surface area contributed by atoms with Crippen LogP contribution in [0.1, 0.15) is 64.3 Å². The Kier molecular flexibility index (Phi) is 8.54. The molecule has 0 radical (unpaired) electrons. The molecule has 3 aromatic rings. The zero-order chi connectivity index (χ0) is 30.0. The van der Waals surface area contributed by atoms with Gasteiger partial charge < -0.3 is 20.3 Å². The van der Waals surface area contributed by atoms with Crippen molar-refractivity contribution in [2.75, 3.05) is 23.8 Å². The highest BCUT2D eigenvalue weighted by molar-refractivity contribution is 5.99. The van der Waals surface area contributed by atoms with Crippen molar-refractivity contribution in [3.63, 3.8) is 0 Å². The fraction of sp³-hybridized carbons (Fsp3) is 0.375. The first-order valence-corrected chi connectivity index (χ1v) is 14.1. The molecule has 10 heteroatoms. The lowest BCUT2D eigenvalue weighted by Crippen LogP contribution is -2.52. The minimum absolute atomic E-state index is 0.0170. The predicted molar refractivity (Wildman–Crippen MR) is 152 cm³/mol. The van der Waals surface area contributed by atoms with Crippen molar-refractivity contribution in [2.24, 2.45) is 0 Å². The third-order valence-electron chi connectivity index (χ3n) is 8.00. The van der Waals surface area contributed by atoms with Gasteiger partial charge in [-0.15, -0.1) is 0 Å². The van der Waals surface area contributed by atoms with E-state index in [0.29, 0.717) is 17.2 Å². The van der Waals surface area contributed by atoms with Gasteiger partial charge in [-0.25, -0.2) is 4.39 Å². The van der Waals surface area contributed by atoms with Crippen LogP contribution in [0.2, 0.25) is 0 Å². The van der Waals surface area contributed by atoms with Gasteiger partial charge >= 0.3 is 6.18 Å². The van der Waals surface area contributed by atoms with Crippen LogP contribution in [0.25, 0.3) is 0 Å². The van der Waals surface area contributed by atoms with Gasteiger partial charge in [0.25, 0.3) is 11.8 Å². The fourth-order valence-corrected chi connectivity index (χ4v) is 5.82. The van der Waals surface area contributed by atoms with E-state index in [0.717, 1.165) is 24.6 Å². The normalized spacial score (nSPS) is 19.5. The highest BCUT2D eigenvalue weighted by Gasteiger charge is 2.42. The zero-order valence-electron chi connectivity index (χ0n) is 23.4. The standard InChI is InChI=1S/C32H33F4N3O3/c1-19-10-13-24(18-25(19)32(34,35)36)38-30(40)29-28(21-11-14-23(15-12-21)37-22-7-3-4-8-22)39(16-17-42-29)31(41)27-20(2)6-5-9-26(27)33/h5-6,9-15,18,22,28-29,37H,3-4,7-8,16-17H2,1-2H3,(H,38,40). The van der Waals surface area contributed by atoms with Crippen LogP contribution in [-0.2, 0) is 15.7 Å². The second-order valence-electron chi connectivity index (χ2n) is 10.9. The van der Waals surface area contributed by atoms with Crippen molar-refractivity contribution < 1.29 is 31.9 Å². The van der Waals surface area contributed by atoms with Gasteiger partial charge in [-0.05, 0) is 73.7 Å². The van der Waals surface area contributed by atoms with Gasteiger partial charge in [0.15, 0.2) is 6.10 Å². The summed E-state index contributed by atoms with van der Waals surface area (Å²) in [6, 6.07) is 14.6. The van der Waals surface area contributed by atoms with E-state index in [4.69, 9.17) is 4.74 Å². The minimum Gasteiger partial charge on any atom is -0.382 e. The average Bonchev–Trinajstić information content (AvgIpc) is 3.46. The predicted octanol–water partition coefficient (Wildman–Crippen LogP) is 7.04. The summed E-state index contributed by atoms with van der Waals surface area (Å²) in [7, 11) is 0. The second-order valence-corrected chi connectivity index (χ2v) is 10.9. The van der Waals surface area contributed by atoms with Gasteiger partial charge in [-0.2, -0.15) is 13.2 Å². The molecule has 0 aromatic heterocycles. The third kappa shape index (κ3) is 6.28. The van der Waals surface area contributed by atoms with Crippen LogP contribution in [0.5, 0.6) is 0 Å². The Morgan fingerprint density at radius 3 is 2.29 bits per heavy atom. The Morgan fingerprint density at radius 2 is 1.62 bits per heavy atom. The lowest BCUT2D eigenvalue weighted by Gasteiger charge is -2.41. The zero-order valence-corrected chi connectivity index (χ0v) is 23.4. The molecule has 2 unspecified atom stereocenters. The van der Waals surface area contributed by atoms with Crippen molar-refractivity contribution in [2.45, 2.75) is 63.9 Å². The molecule has 1 aliphatic carbocycles. The van der Waals surface area contributed by atoms with Crippen molar-refractivity contribution in [3.8, 4) is 0 Å². The Labute approximate surface area is 242 Å². The smallest absolute Gasteiger partial charge is 0.382 e. The first-order chi connectivity index (χ1) is 20.0. The number of carbonyl (C=O) groups excluding carboxylic acids is 2. The van der Waals surface area contributed by atoms with E-state index < -0.39 is 41.5 Å². The van der Waals surface area contributed by atoms with Crippen molar-refractivity contribution in [1.29, 1.82) is 0 Å². The SMILES string of the molecule is Cc1ccc(NC(=O)C2OCCN(C(=O)c3c(C)cccc3F)C2c2ccc(NC3CCCC3)cc2)cc1C(F)(F)F. The minimum atomic E-state index is -4.59. The number of ether oxygens (including phenoxy) is 1. The number of rotatable bonds is 6. The van der Waals surface area contributed by atoms with E-state index >= 15 is 0 Å². The summed E-state index contributed by atoms with van der Waals surface area (Å²) in [5, 5.41) is 6.05. The first-order valence-electron chi connectivity index (χ1n) is 14.1. The quantitative estimate of drug-likeness (QED) is 0.306. The van der Waals surface area contributed by atoms with Crippen molar-refractivity contribution in [1.82, 2.24) is 4.90 Å². The second kappa shape index (κ2) is 12.1.